The van der Waals surface area contributed by atoms with Crippen molar-refractivity contribution in [2.75, 3.05) is 6.54 Å². The molecule has 10 heavy (non-hydrogen) atoms. The summed E-state index contributed by atoms with van der Waals surface area (Å²) in [5.74, 6) is -0.246. The molecule has 1 aromatic carbocycles. The predicted molar refractivity (Wildman–Crippen MR) is 38.7 cm³/mol. The van der Waals surface area contributed by atoms with Crippen molar-refractivity contribution in [2.45, 2.75) is 6.92 Å². The fraction of sp³-hybridized carbons (Fsp3) is 0.250. The Balaban J connectivity index is 2.81. The zero-order valence-corrected chi connectivity index (χ0v) is 5.84. The van der Waals surface area contributed by atoms with Crippen molar-refractivity contribution in [3.8, 4) is 0 Å². The van der Waals surface area contributed by atoms with Gasteiger partial charge in [-0.05, 0) is 19.1 Å². The zero-order valence-electron chi connectivity index (χ0n) is 5.84. The second-order valence-electron chi connectivity index (χ2n) is 1.93. The lowest BCUT2D eigenvalue weighted by molar-refractivity contribution is 0.618. The van der Waals surface area contributed by atoms with E-state index < -0.39 is 0 Å². The Kier molecular flexibility index (Phi) is 2.26. The van der Waals surface area contributed by atoms with Crippen molar-refractivity contribution in [1.82, 2.24) is 5.32 Å². The maximum Gasteiger partial charge on any atom is 0.148 e. The number of benzene rings is 1. The summed E-state index contributed by atoms with van der Waals surface area (Å²) >= 11 is 0. The van der Waals surface area contributed by atoms with Gasteiger partial charge in [-0.2, -0.15) is 0 Å². The molecule has 0 bridgehead atoms. The van der Waals surface area contributed by atoms with E-state index in [1.165, 1.54) is 6.07 Å². The molecule has 0 aliphatic heterocycles. The first-order chi connectivity index (χ1) is 4.84. The van der Waals surface area contributed by atoms with Gasteiger partial charge in [0.25, 0.3) is 0 Å². The van der Waals surface area contributed by atoms with E-state index in [2.05, 4.69) is 5.32 Å². The van der Waals surface area contributed by atoms with Crippen molar-refractivity contribution in [3.05, 3.63) is 30.1 Å². The smallest absolute Gasteiger partial charge is 0.148 e. The molecule has 0 aliphatic rings. The summed E-state index contributed by atoms with van der Waals surface area (Å²) in [6.07, 6.45) is 0. The van der Waals surface area contributed by atoms with Gasteiger partial charge in [0.1, 0.15) is 5.82 Å². The molecule has 0 spiro atoms. The van der Waals surface area contributed by atoms with Gasteiger partial charge >= 0.3 is 0 Å². The Morgan fingerprint density at radius 3 is 2.70 bits per heavy atom. The molecule has 0 aromatic heterocycles. The van der Waals surface area contributed by atoms with Crippen LogP contribution in [0.15, 0.2) is 24.3 Å². The van der Waals surface area contributed by atoms with Crippen LogP contribution in [-0.2, 0) is 0 Å². The molecule has 0 atom stereocenters. The van der Waals surface area contributed by atoms with Crippen LogP contribution in [0.1, 0.15) is 6.92 Å². The fourth-order valence-corrected chi connectivity index (χ4v) is 0.750. The predicted octanol–water partition coefficient (Wildman–Crippen LogP) is 2.08. The van der Waals surface area contributed by atoms with Gasteiger partial charge in [-0.15, -0.1) is 0 Å². The Bertz CT molecular complexity index is 210. The summed E-state index contributed by atoms with van der Waals surface area (Å²) in [5.41, 5.74) is 0.449. The van der Waals surface area contributed by atoms with Gasteiger partial charge in [0.2, 0.25) is 0 Å². The monoisotopic (exact) mass is 138 g/mol. The summed E-state index contributed by atoms with van der Waals surface area (Å²) in [4.78, 5) is 0. The minimum Gasteiger partial charge on any atom is -0.283 e. The first-order valence-electron chi connectivity index (χ1n) is 3.26. The van der Waals surface area contributed by atoms with E-state index in [1.54, 1.807) is 18.2 Å². The highest BCUT2D eigenvalue weighted by atomic mass is 19.1. The summed E-state index contributed by atoms with van der Waals surface area (Å²) in [7, 11) is 0. The van der Waals surface area contributed by atoms with Crippen molar-refractivity contribution in [3.63, 3.8) is 0 Å². The van der Waals surface area contributed by atoms with E-state index in [-0.39, 0.29) is 5.82 Å². The van der Waals surface area contributed by atoms with Gasteiger partial charge in [0, 0.05) is 6.54 Å². The number of hydrogen-bond donors (Lipinski definition) is 0. The second kappa shape index (κ2) is 3.20. The fourth-order valence-electron chi connectivity index (χ4n) is 0.750. The highest BCUT2D eigenvalue weighted by Gasteiger charge is 1.97. The largest absolute Gasteiger partial charge is 0.283 e. The van der Waals surface area contributed by atoms with E-state index in [0.29, 0.717) is 12.2 Å². The standard InChI is InChI=1S/C8H9FN/c1-2-10-8-6-4-3-5-7(8)9/h3-6H,2H2,1H3. The average molecular weight is 138 g/mol. The van der Waals surface area contributed by atoms with Crippen molar-refractivity contribution < 1.29 is 4.39 Å². The summed E-state index contributed by atoms with van der Waals surface area (Å²) < 4.78 is 12.7. The number of hydrogen-bond acceptors (Lipinski definition) is 0. The molecule has 0 heterocycles. The van der Waals surface area contributed by atoms with Gasteiger partial charge in [-0.1, -0.05) is 12.1 Å². The average Bonchev–Trinajstić information content (AvgIpc) is 1.94. The molecule has 0 aliphatic carbocycles. The molecule has 1 radical (unpaired) electrons. The third-order valence-electron chi connectivity index (χ3n) is 1.18. The Morgan fingerprint density at radius 1 is 1.40 bits per heavy atom. The van der Waals surface area contributed by atoms with Gasteiger partial charge in [-0.3, -0.25) is 5.32 Å². The molecular weight excluding hydrogens is 129 g/mol. The molecular formula is C8H9FN. The highest BCUT2D eigenvalue weighted by Crippen LogP contribution is 2.11. The van der Waals surface area contributed by atoms with Crippen LogP contribution in [0.5, 0.6) is 0 Å². The van der Waals surface area contributed by atoms with Gasteiger partial charge < -0.3 is 0 Å². The van der Waals surface area contributed by atoms with Crippen LogP contribution in [0.25, 0.3) is 0 Å². The Hall–Kier alpha value is -1.05. The van der Waals surface area contributed by atoms with Crippen LogP contribution in [-0.4, -0.2) is 6.54 Å². The van der Waals surface area contributed by atoms with E-state index in [9.17, 15) is 4.39 Å². The lowest BCUT2D eigenvalue weighted by Gasteiger charge is -1.98. The highest BCUT2D eigenvalue weighted by molar-refractivity contribution is 5.36. The number of nitrogens with zero attached hydrogens (tertiary/aromatic N) is 1. The molecule has 1 rings (SSSR count). The first-order valence-corrected chi connectivity index (χ1v) is 3.26. The minimum absolute atomic E-state index is 0.246. The second-order valence-corrected chi connectivity index (χ2v) is 1.93. The van der Waals surface area contributed by atoms with Crippen molar-refractivity contribution >= 4 is 5.69 Å². The SMILES string of the molecule is CC[N]c1ccccc1F. The molecule has 0 unspecified atom stereocenters. The maximum atomic E-state index is 12.7. The Labute approximate surface area is 59.9 Å². The van der Waals surface area contributed by atoms with E-state index in [0.717, 1.165) is 0 Å². The quantitative estimate of drug-likeness (QED) is 0.594. The van der Waals surface area contributed by atoms with Crippen LogP contribution >= 0.6 is 0 Å². The molecule has 53 valence electrons. The van der Waals surface area contributed by atoms with Gasteiger partial charge in [0.15, 0.2) is 0 Å². The minimum atomic E-state index is -0.246. The molecule has 2 heteroatoms. The van der Waals surface area contributed by atoms with Gasteiger partial charge in [-0.25, -0.2) is 4.39 Å². The molecule has 0 saturated carbocycles. The molecule has 1 aromatic rings. The first kappa shape index (κ1) is 7.06. The molecule has 0 N–H and O–H groups in total. The van der Waals surface area contributed by atoms with Crippen molar-refractivity contribution in [1.29, 1.82) is 0 Å². The summed E-state index contributed by atoms with van der Waals surface area (Å²) in [5, 5.41) is 3.93. The molecule has 0 saturated heterocycles. The van der Waals surface area contributed by atoms with E-state index >= 15 is 0 Å². The topological polar surface area (TPSA) is 14.1 Å². The van der Waals surface area contributed by atoms with Crippen LogP contribution < -0.4 is 5.32 Å². The molecule has 0 amide bonds. The maximum absolute atomic E-state index is 12.7. The molecule has 1 nitrogen and oxygen atoms in total. The van der Waals surface area contributed by atoms with Crippen LogP contribution in [0.2, 0.25) is 0 Å². The normalized spacial score (nSPS) is 9.40. The lowest BCUT2D eigenvalue weighted by Crippen LogP contribution is -1.96. The van der Waals surface area contributed by atoms with Gasteiger partial charge in [0.05, 0.1) is 5.69 Å². The van der Waals surface area contributed by atoms with E-state index in [4.69, 9.17) is 0 Å². The lowest BCUT2D eigenvalue weighted by atomic mass is 10.3. The van der Waals surface area contributed by atoms with E-state index in [1.807, 2.05) is 6.92 Å². The van der Waals surface area contributed by atoms with Crippen LogP contribution in [0.3, 0.4) is 0 Å². The van der Waals surface area contributed by atoms with Crippen LogP contribution in [0.4, 0.5) is 10.1 Å². The summed E-state index contributed by atoms with van der Waals surface area (Å²) in [6, 6.07) is 6.51. The zero-order chi connectivity index (χ0) is 7.40. The Morgan fingerprint density at radius 2 is 2.10 bits per heavy atom. The van der Waals surface area contributed by atoms with Crippen molar-refractivity contribution in [2.24, 2.45) is 0 Å². The third kappa shape index (κ3) is 1.47. The third-order valence-corrected chi connectivity index (χ3v) is 1.18. The summed E-state index contributed by atoms with van der Waals surface area (Å²) in [6.45, 7) is 2.51. The number of halogens is 1. The molecule has 0 fully saturated rings. The number of rotatable bonds is 2. The number of para-hydroxylation sites is 1. The van der Waals surface area contributed by atoms with Crippen LogP contribution in [0, 0.1) is 5.82 Å².